The molecule has 0 unspecified atom stereocenters. The van der Waals surface area contributed by atoms with Crippen LogP contribution >= 0.6 is 12.4 Å². The van der Waals surface area contributed by atoms with Gasteiger partial charge < -0.3 is 5.32 Å². The first-order valence-corrected chi connectivity index (χ1v) is 4.58. The summed E-state index contributed by atoms with van der Waals surface area (Å²) in [4.78, 5) is 0. The molecule has 14 heavy (non-hydrogen) atoms. The van der Waals surface area contributed by atoms with E-state index in [0.717, 1.165) is 11.1 Å². The molecule has 80 valence electrons. The van der Waals surface area contributed by atoms with Crippen LogP contribution in [-0.4, -0.2) is 7.05 Å². The molecule has 0 aliphatic carbocycles. The molecule has 0 amide bonds. The molecule has 0 atom stereocenters. The van der Waals surface area contributed by atoms with Crippen LogP contribution in [0.15, 0.2) is 18.2 Å². The highest BCUT2D eigenvalue weighted by Gasteiger charge is 2.04. The molecular weight excluding hydrogens is 201 g/mol. The first kappa shape index (κ1) is 13.4. The van der Waals surface area contributed by atoms with Gasteiger partial charge in [-0.1, -0.05) is 26.0 Å². The van der Waals surface area contributed by atoms with Crippen LogP contribution in [0.5, 0.6) is 0 Å². The van der Waals surface area contributed by atoms with E-state index in [9.17, 15) is 4.39 Å². The third-order valence-corrected chi connectivity index (χ3v) is 2.11. The van der Waals surface area contributed by atoms with Gasteiger partial charge in [0.15, 0.2) is 0 Å². The second-order valence-corrected chi connectivity index (χ2v) is 3.54. The van der Waals surface area contributed by atoms with Gasteiger partial charge in [-0.15, -0.1) is 12.4 Å². The van der Waals surface area contributed by atoms with Crippen molar-refractivity contribution in [2.75, 3.05) is 7.05 Å². The monoisotopic (exact) mass is 217 g/mol. The van der Waals surface area contributed by atoms with Crippen molar-refractivity contribution in [3.05, 3.63) is 35.1 Å². The lowest BCUT2D eigenvalue weighted by atomic mass is 10.0. The summed E-state index contributed by atoms with van der Waals surface area (Å²) in [5, 5.41) is 2.93. The van der Waals surface area contributed by atoms with Crippen LogP contribution in [0.3, 0.4) is 0 Å². The van der Waals surface area contributed by atoms with Crippen molar-refractivity contribution >= 4 is 12.4 Å². The predicted octanol–water partition coefficient (Wildman–Crippen LogP) is 3.09. The lowest BCUT2D eigenvalue weighted by Crippen LogP contribution is -2.07. The Morgan fingerprint density at radius 3 is 2.43 bits per heavy atom. The van der Waals surface area contributed by atoms with E-state index in [4.69, 9.17) is 0 Å². The first-order valence-electron chi connectivity index (χ1n) is 4.58. The molecule has 0 fully saturated rings. The topological polar surface area (TPSA) is 12.0 Å². The van der Waals surface area contributed by atoms with E-state index in [1.54, 1.807) is 6.07 Å². The zero-order valence-corrected chi connectivity index (χ0v) is 9.62. The Balaban J connectivity index is 0.00000169. The summed E-state index contributed by atoms with van der Waals surface area (Å²) in [5.41, 5.74) is 1.78. The number of hydrogen-bond donors (Lipinski definition) is 1. The van der Waals surface area contributed by atoms with Crippen LogP contribution in [0, 0.1) is 5.82 Å². The Kier molecular flexibility index (Phi) is 5.73. The van der Waals surface area contributed by atoms with Crippen LogP contribution in [-0.2, 0) is 6.54 Å². The molecule has 1 nitrogen and oxygen atoms in total. The number of benzene rings is 1. The number of nitrogens with one attached hydrogen (secondary N) is 1. The Morgan fingerprint density at radius 2 is 2.00 bits per heavy atom. The molecule has 1 aromatic rings. The predicted molar refractivity (Wildman–Crippen MR) is 60.5 cm³/mol. The van der Waals surface area contributed by atoms with E-state index >= 15 is 0 Å². The first-order chi connectivity index (χ1) is 6.15. The molecule has 0 heterocycles. The average molecular weight is 218 g/mol. The third-order valence-electron chi connectivity index (χ3n) is 2.11. The summed E-state index contributed by atoms with van der Waals surface area (Å²) in [6, 6.07) is 5.46. The fourth-order valence-corrected chi connectivity index (χ4v) is 1.26. The summed E-state index contributed by atoms with van der Waals surface area (Å²) in [7, 11) is 1.82. The summed E-state index contributed by atoms with van der Waals surface area (Å²) < 4.78 is 13.4. The van der Waals surface area contributed by atoms with E-state index < -0.39 is 0 Å². The molecule has 0 spiro atoms. The standard InChI is InChI=1S/C11H16FN.ClH/c1-8(2)9-4-5-10(7-13-3)11(12)6-9;/h4-6,8,13H,7H2,1-3H3;1H. The summed E-state index contributed by atoms with van der Waals surface area (Å²) in [5.74, 6) is 0.277. The van der Waals surface area contributed by atoms with Crippen molar-refractivity contribution in [3.63, 3.8) is 0 Å². The van der Waals surface area contributed by atoms with Gasteiger partial charge in [0.25, 0.3) is 0 Å². The lowest BCUT2D eigenvalue weighted by Gasteiger charge is -2.08. The molecule has 0 saturated carbocycles. The molecule has 0 saturated heterocycles. The number of hydrogen-bond acceptors (Lipinski definition) is 1. The summed E-state index contributed by atoms with van der Waals surface area (Å²) in [6.07, 6.45) is 0. The molecule has 1 rings (SSSR count). The highest BCUT2D eigenvalue weighted by Crippen LogP contribution is 2.17. The van der Waals surface area contributed by atoms with Gasteiger partial charge in [0.2, 0.25) is 0 Å². The SMILES string of the molecule is CNCc1ccc(C(C)C)cc1F.Cl. The molecule has 0 aromatic heterocycles. The van der Waals surface area contributed by atoms with E-state index in [0.29, 0.717) is 12.5 Å². The Labute approximate surface area is 91.1 Å². The summed E-state index contributed by atoms with van der Waals surface area (Å²) >= 11 is 0. The molecule has 0 radical (unpaired) electrons. The lowest BCUT2D eigenvalue weighted by molar-refractivity contribution is 0.597. The fraction of sp³-hybridized carbons (Fsp3) is 0.455. The van der Waals surface area contributed by atoms with Crippen molar-refractivity contribution in [1.82, 2.24) is 5.32 Å². The molecular formula is C11H17ClFN. The van der Waals surface area contributed by atoms with Gasteiger partial charge in [-0.2, -0.15) is 0 Å². The highest BCUT2D eigenvalue weighted by atomic mass is 35.5. The maximum Gasteiger partial charge on any atom is 0.127 e. The van der Waals surface area contributed by atoms with Gasteiger partial charge in [0.05, 0.1) is 0 Å². The molecule has 0 aliphatic rings. The molecule has 3 heteroatoms. The van der Waals surface area contributed by atoms with E-state index in [2.05, 4.69) is 19.2 Å². The molecule has 0 aliphatic heterocycles. The van der Waals surface area contributed by atoms with Gasteiger partial charge in [-0.3, -0.25) is 0 Å². The van der Waals surface area contributed by atoms with Crippen molar-refractivity contribution in [2.24, 2.45) is 0 Å². The van der Waals surface area contributed by atoms with Crippen LogP contribution < -0.4 is 5.32 Å². The maximum atomic E-state index is 13.4. The van der Waals surface area contributed by atoms with E-state index in [1.165, 1.54) is 0 Å². The van der Waals surface area contributed by atoms with Crippen molar-refractivity contribution in [3.8, 4) is 0 Å². The van der Waals surface area contributed by atoms with Crippen LogP contribution in [0.25, 0.3) is 0 Å². The van der Waals surface area contributed by atoms with Gasteiger partial charge >= 0.3 is 0 Å². The number of rotatable bonds is 3. The zero-order chi connectivity index (χ0) is 9.84. The van der Waals surface area contributed by atoms with Crippen LogP contribution in [0.4, 0.5) is 4.39 Å². The van der Waals surface area contributed by atoms with Crippen LogP contribution in [0.2, 0.25) is 0 Å². The fourth-order valence-electron chi connectivity index (χ4n) is 1.26. The quantitative estimate of drug-likeness (QED) is 0.821. The average Bonchev–Trinajstić information content (AvgIpc) is 2.08. The van der Waals surface area contributed by atoms with E-state index in [1.807, 2.05) is 19.2 Å². The second-order valence-electron chi connectivity index (χ2n) is 3.54. The minimum Gasteiger partial charge on any atom is -0.316 e. The molecule has 0 bridgehead atoms. The largest absolute Gasteiger partial charge is 0.316 e. The van der Waals surface area contributed by atoms with E-state index in [-0.39, 0.29) is 18.2 Å². The Hall–Kier alpha value is -0.600. The summed E-state index contributed by atoms with van der Waals surface area (Å²) in [6.45, 7) is 4.71. The van der Waals surface area contributed by atoms with Gasteiger partial charge in [-0.05, 0) is 24.6 Å². The zero-order valence-electron chi connectivity index (χ0n) is 8.80. The van der Waals surface area contributed by atoms with Crippen molar-refractivity contribution in [2.45, 2.75) is 26.3 Å². The Bertz CT molecular complexity index is 287. The normalized spacial score (nSPS) is 10.1. The molecule has 1 N–H and O–H groups in total. The maximum absolute atomic E-state index is 13.4. The minimum absolute atomic E-state index is 0. The highest BCUT2D eigenvalue weighted by molar-refractivity contribution is 5.85. The Morgan fingerprint density at radius 1 is 1.36 bits per heavy atom. The van der Waals surface area contributed by atoms with Crippen molar-refractivity contribution in [1.29, 1.82) is 0 Å². The smallest absolute Gasteiger partial charge is 0.127 e. The van der Waals surface area contributed by atoms with Gasteiger partial charge in [-0.25, -0.2) is 4.39 Å². The third kappa shape index (κ3) is 3.28. The van der Waals surface area contributed by atoms with Crippen molar-refractivity contribution < 1.29 is 4.39 Å². The van der Waals surface area contributed by atoms with Gasteiger partial charge in [0.1, 0.15) is 5.82 Å². The molecule has 1 aromatic carbocycles. The van der Waals surface area contributed by atoms with Gasteiger partial charge in [0, 0.05) is 12.1 Å². The minimum atomic E-state index is -0.111. The number of halogens is 2. The second kappa shape index (κ2) is 5.99. The van der Waals surface area contributed by atoms with Crippen LogP contribution in [0.1, 0.15) is 30.9 Å².